The molecule has 4 atom stereocenters. The summed E-state index contributed by atoms with van der Waals surface area (Å²) < 4.78 is 0. The Balaban J connectivity index is 2.46. The number of rotatable bonds is 2. The molecule has 0 amide bonds. The Morgan fingerprint density at radius 1 is 1.17 bits per heavy atom. The second-order valence-corrected chi connectivity index (χ2v) is 5.60. The summed E-state index contributed by atoms with van der Waals surface area (Å²) in [4.78, 5) is -0.0131. The molecule has 4 N–H and O–H groups in total. The van der Waals surface area contributed by atoms with Gasteiger partial charge in [-0.25, -0.2) is 0 Å². The van der Waals surface area contributed by atoms with Crippen LogP contribution in [0, 0.1) is 0 Å². The van der Waals surface area contributed by atoms with E-state index in [-0.39, 0.29) is 26.4 Å². The van der Waals surface area contributed by atoms with Crippen LogP contribution in [0.2, 0.25) is 10.1 Å². The quantitative estimate of drug-likeness (QED) is 0.438. The van der Waals surface area contributed by atoms with E-state index in [9.17, 15) is 15.3 Å². The first-order valence-corrected chi connectivity index (χ1v) is 6.13. The van der Waals surface area contributed by atoms with Crippen LogP contribution in [-0.4, -0.2) is 60.3 Å². The van der Waals surface area contributed by atoms with E-state index in [1.165, 1.54) is 0 Å². The molecule has 4 unspecified atom stereocenters. The van der Waals surface area contributed by atoms with E-state index in [1.54, 1.807) is 0 Å². The molecule has 1 aliphatic heterocycles. The zero-order valence-corrected chi connectivity index (χ0v) is 8.34. The second kappa shape index (κ2) is 4.56. The first-order chi connectivity index (χ1) is 5.66. The van der Waals surface area contributed by atoms with E-state index >= 15 is 0 Å². The van der Waals surface area contributed by atoms with Gasteiger partial charge in [0, 0.05) is 0 Å². The summed E-state index contributed by atoms with van der Waals surface area (Å²) in [6.07, 6.45) is -2.15. The Hall–Kier alpha value is 0.359. The minimum absolute atomic E-state index is 0.0131. The zero-order chi connectivity index (χ0) is 9.14. The van der Waals surface area contributed by atoms with Crippen molar-refractivity contribution in [1.82, 2.24) is 0 Å². The summed E-state index contributed by atoms with van der Waals surface area (Å²) in [5, 5.41) is 37.1. The predicted molar refractivity (Wildman–Crippen MR) is 44.0 cm³/mol. The molecule has 1 rings (SSSR count). The fraction of sp³-hybridized carbons (Fsp3) is 1.00. The second-order valence-electron chi connectivity index (χ2n) is 2.93. The van der Waals surface area contributed by atoms with Crippen LogP contribution in [0.15, 0.2) is 0 Å². The van der Waals surface area contributed by atoms with E-state index in [0.29, 0.717) is 11.7 Å². The van der Waals surface area contributed by atoms with E-state index in [1.807, 2.05) is 0 Å². The third-order valence-electron chi connectivity index (χ3n) is 2.02. The number of aliphatic hydroxyl groups is 4. The maximum atomic E-state index is 9.43. The molecule has 0 radical (unpaired) electrons. The predicted octanol–water partition coefficient (Wildman–Crippen LogP) is -1.62. The number of aliphatic hydroxyl groups excluding tert-OH is 4. The third kappa shape index (κ3) is 2.19. The molecule has 72 valence electrons. The van der Waals surface area contributed by atoms with Crippen molar-refractivity contribution in [2.24, 2.45) is 0 Å². The SMILES string of the molecule is OCCC1[Se]CC(O)C(O)C1O. The van der Waals surface area contributed by atoms with E-state index in [0.717, 1.165) is 0 Å². The summed E-state index contributed by atoms with van der Waals surface area (Å²) in [5.41, 5.74) is 0. The molecule has 0 spiro atoms. The fourth-order valence-corrected chi connectivity index (χ4v) is 3.92. The van der Waals surface area contributed by atoms with Gasteiger partial charge in [-0.3, -0.25) is 0 Å². The Morgan fingerprint density at radius 3 is 2.42 bits per heavy atom. The molecule has 1 aliphatic rings. The monoisotopic (exact) mass is 242 g/mol. The van der Waals surface area contributed by atoms with E-state index in [2.05, 4.69) is 0 Å². The summed E-state index contributed by atoms with van der Waals surface area (Å²) in [6.45, 7) is 0.0340. The van der Waals surface area contributed by atoms with Crippen LogP contribution in [0.4, 0.5) is 0 Å². The van der Waals surface area contributed by atoms with Gasteiger partial charge in [-0.1, -0.05) is 0 Å². The van der Waals surface area contributed by atoms with Crippen LogP contribution >= 0.6 is 0 Å². The van der Waals surface area contributed by atoms with Gasteiger partial charge >= 0.3 is 76.9 Å². The zero-order valence-electron chi connectivity index (χ0n) is 6.63. The average Bonchev–Trinajstić information content (AvgIpc) is 2.07. The Morgan fingerprint density at radius 2 is 1.83 bits per heavy atom. The van der Waals surface area contributed by atoms with Crippen molar-refractivity contribution in [2.45, 2.75) is 34.9 Å². The van der Waals surface area contributed by atoms with Crippen LogP contribution in [0.25, 0.3) is 0 Å². The van der Waals surface area contributed by atoms with Crippen molar-refractivity contribution in [3.05, 3.63) is 0 Å². The molecule has 1 saturated heterocycles. The number of hydrogen-bond acceptors (Lipinski definition) is 4. The topological polar surface area (TPSA) is 80.9 Å². The van der Waals surface area contributed by atoms with E-state index in [4.69, 9.17) is 5.11 Å². The van der Waals surface area contributed by atoms with Gasteiger partial charge in [-0.05, 0) is 0 Å². The molecule has 0 saturated carbocycles. The minimum atomic E-state index is -1.03. The molecule has 0 aromatic carbocycles. The molecule has 4 nitrogen and oxygen atoms in total. The average molecular weight is 241 g/mol. The van der Waals surface area contributed by atoms with Gasteiger partial charge in [0.1, 0.15) is 0 Å². The Labute approximate surface area is 77.4 Å². The van der Waals surface area contributed by atoms with Gasteiger partial charge in [0.15, 0.2) is 0 Å². The fourth-order valence-electron chi connectivity index (χ4n) is 1.25. The van der Waals surface area contributed by atoms with Crippen molar-refractivity contribution in [1.29, 1.82) is 0 Å². The summed E-state index contributed by atoms with van der Waals surface area (Å²) in [5.74, 6) is 0. The van der Waals surface area contributed by atoms with Crippen LogP contribution in [0.5, 0.6) is 0 Å². The molecular formula is C7H14O4Se. The Bertz CT molecular complexity index is 143. The standard InChI is InChI=1S/C7H14O4Se/c8-2-1-5-7(11)6(10)4(9)3-12-5/h4-11H,1-3H2. The van der Waals surface area contributed by atoms with Crippen LogP contribution < -0.4 is 0 Å². The third-order valence-corrected chi connectivity index (χ3v) is 5.12. The van der Waals surface area contributed by atoms with Crippen molar-refractivity contribution in [3.63, 3.8) is 0 Å². The van der Waals surface area contributed by atoms with E-state index < -0.39 is 18.3 Å². The van der Waals surface area contributed by atoms with Gasteiger partial charge in [0.2, 0.25) is 0 Å². The van der Waals surface area contributed by atoms with Crippen molar-refractivity contribution >= 4 is 15.0 Å². The van der Waals surface area contributed by atoms with Gasteiger partial charge in [-0.15, -0.1) is 0 Å². The molecular weight excluding hydrogens is 227 g/mol. The summed E-state index contributed by atoms with van der Waals surface area (Å²) in [7, 11) is 0. The van der Waals surface area contributed by atoms with Gasteiger partial charge < -0.3 is 0 Å². The van der Waals surface area contributed by atoms with Gasteiger partial charge in [-0.2, -0.15) is 0 Å². The molecule has 5 heteroatoms. The van der Waals surface area contributed by atoms with Gasteiger partial charge in [0.25, 0.3) is 0 Å². The first-order valence-electron chi connectivity index (χ1n) is 3.93. The van der Waals surface area contributed by atoms with Gasteiger partial charge in [0.05, 0.1) is 0 Å². The maximum absolute atomic E-state index is 9.43. The summed E-state index contributed by atoms with van der Waals surface area (Å²) >= 11 is 0.126. The number of hydrogen-bond donors (Lipinski definition) is 4. The molecule has 0 bridgehead atoms. The molecule has 0 aromatic heterocycles. The molecule has 1 heterocycles. The van der Waals surface area contributed by atoms with Crippen LogP contribution in [0.3, 0.4) is 0 Å². The Kier molecular flexibility index (Phi) is 3.96. The first kappa shape index (κ1) is 10.4. The van der Waals surface area contributed by atoms with Crippen molar-refractivity contribution in [2.75, 3.05) is 6.61 Å². The van der Waals surface area contributed by atoms with Crippen LogP contribution in [0.1, 0.15) is 6.42 Å². The van der Waals surface area contributed by atoms with Crippen molar-refractivity contribution < 1.29 is 20.4 Å². The molecule has 1 fully saturated rings. The molecule has 0 aromatic rings. The molecule has 12 heavy (non-hydrogen) atoms. The normalized spacial score (nSPS) is 43.0. The molecule has 0 aliphatic carbocycles. The summed E-state index contributed by atoms with van der Waals surface area (Å²) in [6, 6.07) is 0. The van der Waals surface area contributed by atoms with Crippen molar-refractivity contribution in [3.8, 4) is 0 Å². The van der Waals surface area contributed by atoms with Crippen LogP contribution in [-0.2, 0) is 0 Å².